The number of hydrogen-bond donors (Lipinski definition) is 5. The number of hydrogen-bond acceptors (Lipinski definition) is 9. The fourth-order valence-corrected chi connectivity index (χ4v) is 4.62. The fourth-order valence-electron chi connectivity index (χ4n) is 4.12. The van der Waals surface area contributed by atoms with Gasteiger partial charge in [-0.15, -0.1) is 0 Å². The zero-order chi connectivity index (χ0) is 27.6. The molecule has 1 fully saturated rings. The van der Waals surface area contributed by atoms with Crippen molar-refractivity contribution < 1.29 is 15.2 Å². The number of aromatic nitrogens is 2. The van der Waals surface area contributed by atoms with Gasteiger partial charge in [0.2, 0.25) is 11.6 Å². The van der Waals surface area contributed by atoms with Gasteiger partial charge in [0.25, 0.3) is 0 Å². The van der Waals surface area contributed by atoms with E-state index >= 15 is 0 Å². The topological polar surface area (TPSA) is 147 Å². The largest absolute Gasteiger partial charge is 0.595 e. The molecular weight excluding hydrogens is 531 g/mol. The molecule has 3 aromatic rings. The third-order valence-corrected chi connectivity index (χ3v) is 6.64. The number of halogens is 2. The molecule has 1 aromatic carbocycles. The van der Waals surface area contributed by atoms with Gasteiger partial charge in [0, 0.05) is 36.3 Å². The third kappa shape index (κ3) is 6.44. The number of anilines is 4. The number of amides is 1. The average molecular weight is 561 g/mol. The molecule has 1 atom stereocenters. The quantitative estimate of drug-likeness (QED) is 0.262. The van der Waals surface area contributed by atoms with Crippen LogP contribution in [0, 0.1) is 5.21 Å². The second-order valence-electron chi connectivity index (χ2n) is 9.77. The molecule has 13 heteroatoms. The van der Waals surface area contributed by atoms with E-state index in [1.165, 1.54) is 6.07 Å². The molecule has 3 heterocycles. The molecule has 1 aliphatic rings. The first-order valence-corrected chi connectivity index (χ1v) is 12.7. The van der Waals surface area contributed by atoms with Crippen molar-refractivity contribution in [3.05, 3.63) is 57.7 Å². The van der Waals surface area contributed by atoms with E-state index in [2.05, 4.69) is 15.6 Å². The Hall–Kier alpha value is -3.19. The van der Waals surface area contributed by atoms with Crippen molar-refractivity contribution in [2.45, 2.75) is 19.4 Å². The van der Waals surface area contributed by atoms with E-state index in [9.17, 15) is 10.0 Å². The number of nitrogens with two attached hydrogens (primary N) is 1. The number of nitrogens with one attached hydrogen (secondary N) is 3. The lowest BCUT2D eigenvalue weighted by molar-refractivity contribution is -0.990. The second kappa shape index (κ2) is 11.3. The number of carbonyl (C=O) groups is 1. The summed E-state index contributed by atoms with van der Waals surface area (Å²) in [5, 5.41) is 26.7. The van der Waals surface area contributed by atoms with Crippen molar-refractivity contribution in [2.24, 2.45) is 0 Å². The van der Waals surface area contributed by atoms with E-state index in [1.54, 1.807) is 29.2 Å². The van der Waals surface area contributed by atoms with E-state index in [0.717, 1.165) is 6.54 Å². The number of nitrogens with zero attached hydrogens (tertiary/aromatic N) is 4. The molecule has 1 unspecified atom stereocenters. The summed E-state index contributed by atoms with van der Waals surface area (Å²) in [5.74, 6) is 0.955. The number of piperazine rings is 1. The van der Waals surface area contributed by atoms with Crippen LogP contribution in [0.1, 0.15) is 13.8 Å². The number of quaternary nitrogens is 1. The van der Waals surface area contributed by atoms with Gasteiger partial charge in [-0.1, -0.05) is 23.2 Å². The zero-order valence-electron chi connectivity index (χ0n) is 21.3. The molecule has 6 N–H and O–H groups in total. The molecule has 11 nitrogen and oxygen atoms in total. The lowest BCUT2D eigenvalue weighted by Crippen LogP contribution is -2.99. The minimum atomic E-state index is -1.13. The highest BCUT2D eigenvalue weighted by Gasteiger charge is 2.27. The summed E-state index contributed by atoms with van der Waals surface area (Å²) in [6.07, 6.45) is 0. The molecular formula is C25H30Cl2N8O3. The molecule has 202 valence electrons. The lowest BCUT2D eigenvalue weighted by Gasteiger charge is -2.33. The van der Waals surface area contributed by atoms with Crippen LogP contribution in [0.25, 0.3) is 11.3 Å². The van der Waals surface area contributed by atoms with Gasteiger partial charge in [-0.25, -0.2) is 15.2 Å². The Bertz CT molecular complexity index is 1340. The highest BCUT2D eigenvalue weighted by atomic mass is 35.5. The van der Waals surface area contributed by atoms with E-state index in [1.807, 2.05) is 37.9 Å². The number of rotatable bonds is 8. The number of benzene rings is 1. The van der Waals surface area contributed by atoms with Crippen LogP contribution < -0.4 is 26.5 Å². The number of pyridine rings is 2. The van der Waals surface area contributed by atoms with Crippen LogP contribution in [0.2, 0.25) is 10.0 Å². The first-order valence-electron chi connectivity index (χ1n) is 11.9. The molecule has 0 aliphatic carbocycles. The number of likely N-dealkylation sites (N-methyl/N-ethyl adjacent to an activating group) is 1. The van der Waals surface area contributed by atoms with Gasteiger partial charge in [-0.05, 0) is 57.3 Å². The Balaban J connectivity index is 1.60. The Morgan fingerprint density at radius 3 is 2.53 bits per heavy atom. The maximum Gasteiger partial charge on any atom is 0.241 e. The maximum atomic E-state index is 12.9. The highest BCUT2D eigenvalue weighted by molar-refractivity contribution is 6.36. The van der Waals surface area contributed by atoms with E-state index in [4.69, 9.17) is 39.1 Å². The van der Waals surface area contributed by atoms with E-state index in [-0.39, 0.29) is 17.4 Å². The van der Waals surface area contributed by atoms with Gasteiger partial charge in [0.15, 0.2) is 5.82 Å². The highest BCUT2D eigenvalue weighted by Crippen LogP contribution is 2.37. The van der Waals surface area contributed by atoms with Gasteiger partial charge in [-0.3, -0.25) is 9.69 Å². The molecule has 1 saturated heterocycles. The lowest BCUT2D eigenvalue weighted by atomic mass is 10.0. The standard InChI is InChI=1S/C25H30Cl2N8O3/c1-25(2,14-29-20-8-7-19(35(37)38)24(28)31-20)32-21-9-6-18(34-11-10-33(3)13-22(34)36)23(30-21)16-5-4-15(26)12-17(16)27/h4-9,12,35,37H,10-11,13-14H2,1-3H3,(H,30,32)(H3,28,29,31). The van der Waals surface area contributed by atoms with Gasteiger partial charge < -0.3 is 26.5 Å². The summed E-state index contributed by atoms with van der Waals surface area (Å²) in [7, 11) is 1.91. The molecule has 0 saturated carbocycles. The molecule has 0 radical (unpaired) electrons. The van der Waals surface area contributed by atoms with E-state index < -0.39 is 10.8 Å². The minimum absolute atomic E-state index is 0.0159. The van der Waals surface area contributed by atoms with Gasteiger partial charge in [-0.2, -0.15) is 5.23 Å². The summed E-state index contributed by atoms with van der Waals surface area (Å²) in [4.78, 5) is 25.6. The predicted octanol–water partition coefficient (Wildman–Crippen LogP) is 3.02. The SMILES string of the molecule is CN1CCN(c2ccc(NC(C)(C)CNc3ccc([NH+]([O-])O)c(N)n3)nc2-c2ccc(Cl)cc2Cl)C(=O)C1. The average Bonchev–Trinajstić information content (AvgIpc) is 2.83. The molecule has 38 heavy (non-hydrogen) atoms. The van der Waals surface area contributed by atoms with Crippen LogP contribution in [0.4, 0.5) is 28.8 Å². The Morgan fingerprint density at radius 2 is 1.87 bits per heavy atom. The van der Waals surface area contributed by atoms with Crippen LogP contribution in [-0.4, -0.2) is 64.7 Å². The summed E-state index contributed by atoms with van der Waals surface area (Å²) in [5.41, 5.74) is 7.10. The molecule has 0 bridgehead atoms. The monoisotopic (exact) mass is 560 g/mol. The predicted molar refractivity (Wildman–Crippen MR) is 150 cm³/mol. The van der Waals surface area contributed by atoms with E-state index in [0.29, 0.717) is 58.3 Å². The Kier molecular flexibility index (Phi) is 8.26. The Labute approximate surface area is 230 Å². The van der Waals surface area contributed by atoms with Crippen LogP contribution >= 0.6 is 23.2 Å². The van der Waals surface area contributed by atoms with Crippen molar-refractivity contribution >= 4 is 57.9 Å². The zero-order valence-corrected chi connectivity index (χ0v) is 22.8. The van der Waals surface area contributed by atoms with Gasteiger partial charge >= 0.3 is 0 Å². The van der Waals surface area contributed by atoms with Crippen molar-refractivity contribution in [3.8, 4) is 11.3 Å². The number of nitrogen functional groups attached to an aromatic ring is 1. The van der Waals surface area contributed by atoms with Gasteiger partial charge in [0.1, 0.15) is 11.6 Å². The van der Waals surface area contributed by atoms with Crippen molar-refractivity contribution in [2.75, 3.05) is 54.5 Å². The van der Waals surface area contributed by atoms with Crippen molar-refractivity contribution in [1.82, 2.24) is 14.9 Å². The summed E-state index contributed by atoms with van der Waals surface area (Å²) < 4.78 is 0. The summed E-state index contributed by atoms with van der Waals surface area (Å²) in [6, 6.07) is 11.9. The maximum absolute atomic E-state index is 12.9. The smallest absolute Gasteiger partial charge is 0.241 e. The van der Waals surface area contributed by atoms with Crippen molar-refractivity contribution in [1.29, 1.82) is 0 Å². The molecule has 4 rings (SSSR count). The fraction of sp³-hybridized carbons (Fsp3) is 0.320. The van der Waals surface area contributed by atoms with Crippen LogP contribution in [0.15, 0.2) is 42.5 Å². The van der Waals surface area contributed by atoms with Crippen molar-refractivity contribution in [3.63, 3.8) is 0 Å². The molecule has 0 spiro atoms. The number of carbonyl (C=O) groups excluding carboxylic acids is 1. The molecule has 1 amide bonds. The van der Waals surface area contributed by atoms with Crippen LogP contribution in [0.5, 0.6) is 0 Å². The molecule has 1 aliphatic heterocycles. The summed E-state index contributed by atoms with van der Waals surface area (Å²) in [6.45, 7) is 5.97. The Morgan fingerprint density at radius 1 is 1.13 bits per heavy atom. The van der Waals surface area contributed by atoms with Gasteiger partial charge in [0.05, 0.1) is 28.5 Å². The first-order chi connectivity index (χ1) is 17.9. The normalized spacial score (nSPS) is 15.4. The minimum Gasteiger partial charge on any atom is -0.595 e. The second-order valence-corrected chi connectivity index (χ2v) is 10.6. The van der Waals surface area contributed by atoms with Crippen LogP contribution in [0.3, 0.4) is 0 Å². The molecule has 2 aromatic heterocycles. The van der Waals surface area contributed by atoms with Crippen LogP contribution in [-0.2, 0) is 4.79 Å². The first kappa shape index (κ1) is 27.8. The summed E-state index contributed by atoms with van der Waals surface area (Å²) >= 11 is 12.7. The third-order valence-electron chi connectivity index (χ3n) is 6.10.